The third-order valence-electron chi connectivity index (χ3n) is 6.15. The van der Waals surface area contributed by atoms with Crippen LogP contribution in [-0.4, -0.2) is 33.5 Å². The molecule has 0 aliphatic heterocycles. The molecule has 40 heavy (non-hydrogen) atoms. The topological polar surface area (TPSA) is 113 Å². The number of nitriles is 1. The van der Waals surface area contributed by atoms with Crippen molar-refractivity contribution in [2.45, 2.75) is 11.4 Å². The highest BCUT2D eigenvalue weighted by Crippen LogP contribution is 2.35. The van der Waals surface area contributed by atoms with Crippen molar-refractivity contribution in [3.63, 3.8) is 0 Å². The van der Waals surface area contributed by atoms with Gasteiger partial charge in [0.25, 0.3) is 5.56 Å². The maximum absolute atomic E-state index is 12.7. The molecule has 8 nitrogen and oxygen atoms in total. The van der Waals surface area contributed by atoms with Gasteiger partial charge in [0.15, 0.2) is 0 Å². The minimum Gasteiger partial charge on any atom is -0.497 e. The van der Waals surface area contributed by atoms with Crippen molar-refractivity contribution < 1.29 is 9.53 Å². The second kappa shape index (κ2) is 12.2. The molecule has 5 rings (SSSR count). The Morgan fingerprint density at radius 1 is 1.00 bits per heavy atom. The fourth-order valence-corrected chi connectivity index (χ4v) is 5.11. The number of hydrogen-bond donors (Lipinski definition) is 2. The van der Waals surface area contributed by atoms with Crippen LogP contribution in [0.15, 0.2) is 107 Å². The summed E-state index contributed by atoms with van der Waals surface area (Å²) in [5.41, 5.74) is 4.12. The quantitative estimate of drug-likeness (QED) is 0.222. The van der Waals surface area contributed by atoms with Crippen LogP contribution in [0.1, 0.15) is 12.0 Å². The molecule has 0 unspecified atom stereocenters. The van der Waals surface area contributed by atoms with E-state index in [4.69, 9.17) is 9.72 Å². The number of anilines is 1. The molecule has 2 N–H and O–H groups in total. The number of H-pyrrole nitrogens is 1. The van der Waals surface area contributed by atoms with E-state index in [1.165, 1.54) is 22.5 Å². The van der Waals surface area contributed by atoms with Crippen LogP contribution in [0, 0.1) is 11.3 Å². The van der Waals surface area contributed by atoms with Crippen LogP contribution in [0.25, 0.3) is 28.1 Å². The monoisotopic (exact) mass is 547 g/mol. The summed E-state index contributed by atoms with van der Waals surface area (Å²) in [6.45, 7) is 0. The summed E-state index contributed by atoms with van der Waals surface area (Å²) in [6, 6.07) is 32.0. The zero-order chi connectivity index (χ0) is 27.9. The van der Waals surface area contributed by atoms with Crippen LogP contribution in [0.2, 0.25) is 0 Å². The van der Waals surface area contributed by atoms with Gasteiger partial charge in [0, 0.05) is 29.4 Å². The molecular formula is C31H25N5O3S. The number of rotatable bonds is 9. The Bertz CT molecular complexity index is 1720. The largest absolute Gasteiger partial charge is 0.497 e. The van der Waals surface area contributed by atoms with Crippen LogP contribution in [0.4, 0.5) is 5.82 Å². The van der Waals surface area contributed by atoms with Gasteiger partial charge in [-0.2, -0.15) is 5.26 Å². The minimum absolute atomic E-state index is 0.156. The number of carbonyl (C=O) groups is 1. The number of hydrogen-bond acceptors (Lipinski definition) is 6. The normalized spacial score (nSPS) is 10.6. The lowest BCUT2D eigenvalue weighted by Gasteiger charge is -2.13. The third kappa shape index (κ3) is 5.98. The zero-order valence-electron chi connectivity index (χ0n) is 21.6. The number of ether oxygens (including phenoxy) is 1. The first-order valence-electron chi connectivity index (χ1n) is 12.5. The lowest BCUT2D eigenvalue weighted by Crippen LogP contribution is -2.14. The van der Waals surface area contributed by atoms with Gasteiger partial charge in [-0.15, -0.1) is 11.8 Å². The smallest absolute Gasteiger partial charge is 0.273 e. The molecule has 5 aromatic rings. The van der Waals surface area contributed by atoms with Crippen LogP contribution < -0.4 is 15.6 Å². The van der Waals surface area contributed by atoms with Crippen molar-refractivity contribution in [2.75, 3.05) is 18.2 Å². The van der Waals surface area contributed by atoms with Gasteiger partial charge in [-0.05, 0) is 35.9 Å². The number of benzene rings is 3. The SMILES string of the molecule is COc1ccc(-c2cc(-c3ccccc3)nc(SCCC(=O)Nc3cc(=O)n(-c4ccccc4)[nH]3)c2C#N)cc1. The van der Waals surface area contributed by atoms with E-state index in [9.17, 15) is 14.9 Å². The van der Waals surface area contributed by atoms with E-state index < -0.39 is 0 Å². The first-order valence-corrected chi connectivity index (χ1v) is 13.5. The van der Waals surface area contributed by atoms with Gasteiger partial charge in [-0.1, -0.05) is 60.7 Å². The van der Waals surface area contributed by atoms with Crippen LogP contribution in [0.5, 0.6) is 5.75 Å². The van der Waals surface area contributed by atoms with Crippen molar-refractivity contribution in [3.8, 4) is 39.9 Å². The van der Waals surface area contributed by atoms with Crippen LogP contribution >= 0.6 is 11.8 Å². The molecule has 0 bridgehead atoms. The number of para-hydroxylation sites is 1. The Kier molecular flexibility index (Phi) is 8.09. The number of aromatic amines is 1. The molecule has 0 aliphatic carbocycles. The van der Waals surface area contributed by atoms with E-state index in [2.05, 4.69) is 16.5 Å². The van der Waals surface area contributed by atoms with Gasteiger partial charge >= 0.3 is 0 Å². The first kappa shape index (κ1) is 26.5. The fraction of sp³-hybridized carbons (Fsp3) is 0.0968. The molecule has 0 radical (unpaired) electrons. The molecule has 2 heterocycles. The van der Waals surface area contributed by atoms with Crippen molar-refractivity contribution in [3.05, 3.63) is 113 Å². The summed E-state index contributed by atoms with van der Waals surface area (Å²) >= 11 is 1.34. The summed E-state index contributed by atoms with van der Waals surface area (Å²) < 4.78 is 6.65. The number of methoxy groups -OCH3 is 1. The Hall–Kier alpha value is -5.07. The molecular weight excluding hydrogens is 522 g/mol. The summed E-state index contributed by atoms with van der Waals surface area (Å²) in [5, 5.41) is 16.3. The summed E-state index contributed by atoms with van der Waals surface area (Å²) in [5.74, 6) is 1.16. The lowest BCUT2D eigenvalue weighted by atomic mass is 9.99. The molecule has 0 saturated heterocycles. The van der Waals surface area contributed by atoms with Gasteiger partial charge in [0.05, 0.1) is 24.1 Å². The lowest BCUT2D eigenvalue weighted by molar-refractivity contribution is -0.115. The predicted octanol–water partition coefficient (Wildman–Crippen LogP) is 5.90. The van der Waals surface area contributed by atoms with E-state index in [0.717, 1.165) is 28.1 Å². The number of carbonyl (C=O) groups excluding carboxylic acids is 1. The van der Waals surface area contributed by atoms with Gasteiger partial charge in [-0.3, -0.25) is 14.7 Å². The summed E-state index contributed by atoms with van der Waals surface area (Å²) in [7, 11) is 1.61. The fourth-order valence-electron chi connectivity index (χ4n) is 4.17. The molecule has 0 fully saturated rings. The first-order chi connectivity index (χ1) is 19.6. The molecule has 198 valence electrons. The Morgan fingerprint density at radius 3 is 2.38 bits per heavy atom. The number of aromatic nitrogens is 3. The van der Waals surface area contributed by atoms with E-state index in [0.29, 0.717) is 27.8 Å². The molecule has 0 spiro atoms. The average molecular weight is 548 g/mol. The number of amides is 1. The maximum Gasteiger partial charge on any atom is 0.273 e. The molecule has 0 aliphatic rings. The Morgan fingerprint density at radius 2 is 1.70 bits per heavy atom. The predicted molar refractivity (Wildman–Crippen MR) is 157 cm³/mol. The maximum atomic E-state index is 12.7. The van der Waals surface area contributed by atoms with Gasteiger partial charge in [-0.25, -0.2) is 9.67 Å². The summed E-state index contributed by atoms with van der Waals surface area (Å²) in [6.07, 6.45) is 0.156. The van der Waals surface area contributed by atoms with Crippen LogP contribution in [0.3, 0.4) is 0 Å². The zero-order valence-corrected chi connectivity index (χ0v) is 22.4. The van der Waals surface area contributed by atoms with E-state index >= 15 is 0 Å². The molecule has 9 heteroatoms. The highest BCUT2D eigenvalue weighted by molar-refractivity contribution is 7.99. The highest BCUT2D eigenvalue weighted by Gasteiger charge is 2.17. The standard InChI is InChI=1S/C31H25N5O3S/c1-39-24-14-12-21(13-15-24)25-18-27(22-8-4-2-5-9-22)33-31(26(25)20-32)40-17-16-29(37)34-28-19-30(38)36(35-28)23-10-6-3-7-11-23/h2-15,18-19,35H,16-17H2,1H3,(H,34,37). The van der Waals surface area contributed by atoms with E-state index in [-0.39, 0.29) is 17.9 Å². The van der Waals surface area contributed by atoms with Gasteiger partial charge in [0.2, 0.25) is 5.91 Å². The average Bonchev–Trinajstić information content (AvgIpc) is 3.37. The minimum atomic E-state index is -0.275. The van der Waals surface area contributed by atoms with E-state index in [1.807, 2.05) is 78.9 Å². The van der Waals surface area contributed by atoms with Crippen LogP contribution in [-0.2, 0) is 4.79 Å². The molecule has 1 amide bonds. The number of nitrogens with zero attached hydrogens (tertiary/aromatic N) is 3. The molecule has 2 aromatic heterocycles. The van der Waals surface area contributed by atoms with E-state index in [1.54, 1.807) is 19.2 Å². The number of thioether (sulfide) groups is 1. The third-order valence-corrected chi connectivity index (χ3v) is 7.12. The number of pyridine rings is 1. The van der Waals surface area contributed by atoms with Crippen molar-refractivity contribution >= 4 is 23.5 Å². The molecule has 0 saturated carbocycles. The van der Waals surface area contributed by atoms with Crippen molar-refractivity contribution in [1.82, 2.24) is 14.8 Å². The molecule has 0 atom stereocenters. The van der Waals surface area contributed by atoms with Gasteiger partial charge in [0.1, 0.15) is 22.7 Å². The second-order valence-electron chi connectivity index (χ2n) is 8.77. The second-order valence-corrected chi connectivity index (χ2v) is 9.85. The Labute approximate surface area is 235 Å². The Balaban J connectivity index is 1.35. The summed E-state index contributed by atoms with van der Waals surface area (Å²) in [4.78, 5) is 29.9. The van der Waals surface area contributed by atoms with Crippen molar-refractivity contribution in [1.29, 1.82) is 5.26 Å². The molecule has 3 aromatic carbocycles. The van der Waals surface area contributed by atoms with Gasteiger partial charge < -0.3 is 10.1 Å². The van der Waals surface area contributed by atoms with Crippen molar-refractivity contribution in [2.24, 2.45) is 0 Å². The number of nitrogens with one attached hydrogen (secondary N) is 2. The highest BCUT2D eigenvalue weighted by atomic mass is 32.2.